The van der Waals surface area contributed by atoms with Crippen LogP contribution in [0.15, 0.2) is 0 Å². The average molecular weight is 270 g/mol. The molecule has 0 bridgehead atoms. The maximum absolute atomic E-state index is 10.2. The zero-order chi connectivity index (χ0) is 14.3. The van der Waals surface area contributed by atoms with Crippen LogP contribution in [0.2, 0.25) is 0 Å². The summed E-state index contributed by atoms with van der Waals surface area (Å²) in [6.45, 7) is 0. The summed E-state index contributed by atoms with van der Waals surface area (Å²) >= 11 is 0. The predicted molar refractivity (Wildman–Crippen MR) is 70.0 cm³/mol. The molecule has 0 saturated heterocycles. The van der Waals surface area contributed by atoms with Crippen molar-refractivity contribution in [2.24, 2.45) is 0 Å². The van der Waals surface area contributed by atoms with Gasteiger partial charge in [-0.2, -0.15) is 0 Å². The fourth-order valence-corrected chi connectivity index (χ4v) is 2.13. The SMILES string of the molecule is O=C([O-])CCCCCCCCCCCCCC(=O)[O-]. The Balaban J connectivity index is 2.99. The number of carbonyl (C=O) groups is 2. The van der Waals surface area contributed by atoms with Crippen LogP contribution in [0.3, 0.4) is 0 Å². The van der Waals surface area contributed by atoms with Crippen molar-refractivity contribution in [3.8, 4) is 0 Å². The Labute approximate surface area is 116 Å². The van der Waals surface area contributed by atoms with Gasteiger partial charge in [0.1, 0.15) is 0 Å². The third-order valence-corrected chi connectivity index (χ3v) is 3.26. The molecule has 0 atom stereocenters. The van der Waals surface area contributed by atoms with Gasteiger partial charge in [0.2, 0.25) is 0 Å². The summed E-state index contributed by atoms with van der Waals surface area (Å²) < 4.78 is 0. The predicted octanol–water partition coefficient (Wildman–Crippen LogP) is 1.56. The van der Waals surface area contributed by atoms with Crippen LogP contribution in [0.1, 0.15) is 83.5 Å². The maximum atomic E-state index is 10.2. The Morgan fingerprint density at radius 3 is 0.895 bits per heavy atom. The van der Waals surface area contributed by atoms with Crippen LogP contribution < -0.4 is 10.2 Å². The van der Waals surface area contributed by atoms with Crippen LogP contribution in [-0.2, 0) is 9.59 Å². The van der Waals surface area contributed by atoms with Gasteiger partial charge in [-0.15, -0.1) is 0 Å². The van der Waals surface area contributed by atoms with Crippen molar-refractivity contribution in [2.45, 2.75) is 83.5 Å². The van der Waals surface area contributed by atoms with E-state index in [0.717, 1.165) is 38.5 Å². The van der Waals surface area contributed by atoms with Crippen molar-refractivity contribution in [3.05, 3.63) is 0 Å². The van der Waals surface area contributed by atoms with Crippen molar-refractivity contribution < 1.29 is 19.8 Å². The molecule has 0 aliphatic rings. The number of unbranched alkanes of at least 4 members (excludes halogenated alkanes) is 10. The van der Waals surface area contributed by atoms with E-state index in [1.54, 1.807) is 0 Å². The summed E-state index contributed by atoms with van der Waals surface area (Å²) in [5.41, 5.74) is 0. The minimum atomic E-state index is -0.946. The van der Waals surface area contributed by atoms with Crippen LogP contribution in [0, 0.1) is 0 Å². The van der Waals surface area contributed by atoms with Crippen LogP contribution in [0.4, 0.5) is 0 Å². The monoisotopic (exact) mass is 270 g/mol. The Kier molecular flexibility index (Phi) is 12.6. The van der Waals surface area contributed by atoms with Gasteiger partial charge < -0.3 is 19.8 Å². The molecule has 0 aliphatic heterocycles. The Hall–Kier alpha value is -1.06. The Bertz CT molecular complexity index is 214. The molecule has 0 amide bonds. The second-order valence-corrected chi connectivity index (χ2v) is 5.13. The molecule has 0 N–H and O–H groups in total. The van der Waals surface area contributed by atoms with Crippen LogP contribution in [-0.4, -0.2) is 11.9 Å². The molecule has 0 aromatic rings. The molecule has 0 spiro atoms. The highest BCUT2D eigenvalue weighted by molar-refractivity contribution is 5.64. The first kappa shape index (κ1) is 17.9. The van der Waals surface area contributed by atoms with E-state index >= 15 is 0 Å². The second-order valence-electron chi connectivity index (χ2n) is 5.13. The van der Waals surface area contributed by atoms with Crippen molar-refractivity contribution in [1.29, 1.82) is 0 Å². The zero-order valence-corrected chi connectivity index (χ0v) is 11.8. The molecule has 0 radical (unpaired) electrons. The highest BCUT2D eigenvalue weighted by Crippen LogP contribution is 2.12. The van der Waals surface area contributed by atoms with Gasteiger partial charge >= 0.3 is 0 Å². The lowest BCUT2D eigenvalue weighted by molar-refractivity contribution is -0.307. The zero-order valence-electron chi connectivity index (χ0n) is 11.8. The number of carboxylic acids is 2. The van der Waals surface area contributed by atoms with E-state index in [2.05, 4.69) is 0 Å². The molecule has 4 nitrogen and oxygen atoms in total. The van der Waals surface area contributed by atoms with Gasteiger partial charge in [-0.3, -0.25) is 0 Å². The molecule has 0 unspecified atom stereocenters. The number of rotatable bonds is 14. The van der Waals surface area contributed by atoms with Crippen LogP contribution in [0.25, 0.3) is 0 Å². The molecular weight excluding hydrogens is 244 g/mol. The molecule has 0 aromatic heterocycles. The third-order valence-electron chi connectivity index (χ3n) is 3.26. The molecular formula is C15H26O4-2. The summed E-state index contributed by atoms with van der Waals surface area (Å²) in [6, 6.07) is 0. The largest absolute Gasteiger partial charge is 0.550 e. The average Bonchev–Trinajstić information content (AvgIpc) is 2.34. The molecule has 0 heterocycles. The molecule has 0 saturated carbocycles. The summed E-state index contributed by atoms with van der Waals surface area (Å²) in [6.07, 6.45) is 12.0. The smallest absolute Gasteiger partial charge is 0.0414 e. The van der Waals surface area contributed by atoms with E-state index in [-0.39, 0.29) is 12.8 Å². The molecule has 0 aliphatic carbocycles. The number of aliphatic carboxylic acids is 2. The number of hydrogen-bond donors (Lipinski definition) is 0. The topological polar surface area (TPSA) is 80.3 Å². The standard InChI is InChI=1S/C15H28O4/c16-14(17)12-10-8-6-4-2-1-3-5-7-9-11-13-15(18)19/h1-13H2,(H,16,17)(H,18,19)/p-2. The molecule has 0 fully saturated rings. The fourth-order valence-electron chi connectivity index (χ4n) is 2.13. The summed E-state index contributed by atoms with van der Waals surface area (Å²) in [5, 5.41) is 20.3. The van der Waals surface area contributed by atoms with Crippen molar-refractivity contribution >= 4 is 11.9 Å². The van der Waals surface area contributed by atoms with Crippen LogP contribution >= 0.6 is 0 Å². The van der Waals surface area contributed by atoms with E-state index in [1.807, 2.05) is 0 Å². The lowest BCUT2D eigenvalue weighted by atomic mass is 10.0. The first-order valence-electron chi connectivity index (χ1n) is 7.52. The van der Waals surface area contributed by atoms with Crippen molar-refractivity contribution in [1.82, 2.24) is 0 Å². The molecule has 0 aromatic carbocycles. The minimum Gasteiger partial charge on any atom is -0.550 e. The first-order valence-corrected chi connectivity index (χ1v) is 7.52. The van der Waals surface area contributed by atoms with Crippen LogP contribution in [0.5, 0.6) is 0 Å². The van der Waals surface area contributed by atoms with Gasteiger partial charge in [0.15, 0.2) is 0 Å². The quantitative estimate of drug-likeness (QED) is 0.449. The number of hydrogen-bond acceptors (Lipinski definition) is 4. The lowest BCUT2D eigenvalue weighted by Crippen LogP contribution is -2.21. The highest BCUT2D eigenvalue weighted by atomic mass is 16.4. The van der Waals surface area contributed by atoms with Crippen molar-refractivity contribution in [3.63, 3.8) is 0 Å². The van der Waals surface area contributed by atoms with E-state index in [9.17, 15) is 19.8 Å². The van der Waals surface area contributed by atoms with Gasteiger partial charge in [-0.05, 0) is 25.7 Å². The van der Waals surface area contributed by atoms with Gasteiger partial charge in [0.05, 0.1) is 0 Å². The molecule has 112 valence electrons. The maximum Gasteiger partial charge on any atom is 0.0414 e. The molecule has 4 heteroatoms. The molecule has 0 rings (SSSR count). The summed E-state index contributed by atoms with van der Waals surface area (Å²) in [4.78, 5) is 20.3. The normalized spacial score (nSPS) is 10.5. The number of carbonyl (C=O) groups excluding carboxylic acids is 2. The lowest BCUT2D eigenvalue weighted by Gasteiger charge is -2.04. The minimum absolute atomic E-state index is 0.186. The Morgan fingerprint density at radius 2 is 0.684 bits per heavy atom. The third kappa shape index (κ3) is 16.9. The van der Waals surface area contributed by atoms with Crippen molar-refractivity contribution in [2.75, 3.05) is 0 Å². The summed E-state index contributed by atoms with van der Waals surface area (Å²) in [7, 11) is 0. The van der Waals surface area contributed by atoms with E-state index < -0.39 is 11.9 Å². The first-order chi connectivity index (χ1) is 9.13. The molecule has 19 heavy (non-hydrogen) atoms. The van der Waals surface area contributed by atoms with E-state index in [1.165, 1.54) is 32.1 Å². The summed E-state index contributed by atoms with van der Waals surface area (Å²) in [5.74, 6) is -1.89. The van der Waals surface area contributed by atoms with E-state index in [0.29, 0.717) is 0 Å². The van der Waals surface area contributed by atoms with Gasteiger partial charge in [-0.1, -0.05) is 57.8 Å². The fraction of sp³-hybridized carbons (Fsp3) is 0.867. The van der Waals surface area contributed by atoms with Gasteiger partial charge in [-0.25, -0.2) is 0 Å². The van der Waals surface area contributed by atoms with Gasteiger partial charge in [0.25, 0.3) is 0 Å². The second kappa shape index (κ2) is 13.4. The number of carboxylic acid groups (broad SMARTS) is 2. The Morgan fingerprint density at radius 1 is 0.474 bits per heavy atom. The van der Waals surface area contributed by atoms with Gasteiger partial charge in [0, 0.05) is 11.9 Å². The van der Waals surface area contributed by atoms with E-state index in [4.69, 9.17) is 0 Å². The highest BCUT2D eigenvalue weighted by Gasteiger charge is 1.94.